The van der Waals surface area contributed by atoms with Crippen LogP contribution in [0, 0.1) is 0 Å². The molecule has 0 fully saturated rings. The fourth-order valence-corrected chi connectivity index (χ4v) is 2.03. The van der Waals surface area contributed by atoms with Gasteiger partial charge >= 0.3 is 6.18 Å². The van der Waals surface area contributed by atoms with Gasteiger partial charge in [-0.25, -0.2) is 0 Å². The molecule has 19 heavy (non-hydrogen) atoms. The maximum Gasteiger partial charge on any atom is 0.389 e. The van der Waals surface area contributed by atoms with Crippen LogP contribution in [0.25, 0.3) is 0 Å². The Labute approximate surface area is 109 Å². The molecule has 0 unspecified atom stereocenters. The molecule has 1 amide bonds. The molecule has 3 nitrogen and oxygen atoms in total. The van der Waals surface area contributed by atoms with E-state index < -0.39 is 24.9 Å². The summed E-state index contributed by atoms with van der Waals surface area (Å²) in [6, 6.07) is 5.35. The molecule has 2 N–H and O–H groups in total. The molecule has 0 bridgehead atoms. The topological polar surface area (TPSA) is 41.1 Å². The molecule has 1 aromatic rings. The molecule has 0 aliphatic carbocycles. The number of alkyl halides is 3. The van der Waals surface area contributed by atoms with Crippen molar-refractivity contribution in [2.24, 2.45) is 0 Å². The molecular weight excluding hydrogens is 257 g/mol. The van der Waals surface area contributed by atoms with Crippen molar-refractivity contribution in [3.63, 3.8) is 0 Å². The van der Waals surface area contributed by atoms with E-state index in [1.807, 2.05) is 12.1 Å². The molecule has 104 valence electrons. The number of benzene rings is 1. The highest BCUT2D eigenvalue weighted by molar-refractivity contribution is 5.91. The average molecular weight is 272 g/mol. The van der Waals surface area contributed by atoms with Crippen LogP contribution in [0.4, 0.5) is 24.5 Å². The second-order valence-electron chi connectivity index (χ2n) is 4.57. The van der Waals surface area contributed by atoms with Crippen molar-refractivity contribution in [1.29, 1.82) is 0 Å². The molecule has 1 aromatic carbocycles. The Balaban J connectivity index is 1.94. The minimum absolute atomic E-state index is 0.543. The maximum absolute atomic E-state index is 12.0. The van der Waals surface area contributed by atoms with Gasteiger partial charge in [0.1, 0.15) is 0 Å². The van der Waals surface area contributed by atoms with E-state index in [0.717, 1.165) is 30.6 Å². The number of aryl methyl sites for hydroxylation is 1. The quantitative estimate of drug-likeness (QED) is 0.886. The number of halogens is 3. The molecule has 0 aromatic heterocycles. The zero-order chi connectivity index (χ0) is 13.9. The zero-order valence-electron chi connectivity index (χ0n) is 10.3. The van der Waals surface area contributed by atoms with E-state index in [1.165, 1.54) is 0 Å². The predicted octanol–water partition coefficient (Wildman–Crippen LogP) is 3.33. The minimum atomic E-state index is -4.29. The number of fused-ring (bicyclic) bond motifs is 1. The van der Waals surface area contributed by atoms with Crippen molar-refractivity contribution in [3.05, 3.63) is 23.8 Å². The third kappa shape index (κ3) is 4.15. The fourth-order valence-electron chi connectivity index (χ4n) is 2.03. The third-order valence-electron chi connectivity index (χ3n) is 2.96. The van der Waals surface area contributed by atoms with Crippen molar-refractivity contribution >= 4 is 17.3 Å². The zero-order valence-corrected chi connectivity index (χ0v) is 10.3. The van der Waals surface area contributed by atoms with Crippen LogP contribution in [0.15, 0.2) is 18.2 Å². The van der Waals surface area contributed by atoms with E-state index in [9.17, 15) is 18.0 Å². The second kappa shape index (κ2) is 5.50. The number of rotatable bonds is 3. The van der Waals surface area contributed by atoms with E-state index in [0.29, 0.717) is 5.69 Å². The van der Waals surface area contributed by atoms with E-state index in [2.05, 4.69) is 10.6 Å². The molecule has 0 atom stereocenters. The van der Waals surface area contributed by atoms with Crippen LogP contribution in [0.1, 0.15) is 24.8 Å². The Bertz CT molecular complexity index is 471. The van der Waals surface area contributed by atoms with Crippen LogP contribution >= 0.6 is 0 Å². The average Bonchev–Trinajstić information content (AvgIpc) is 2.35. The molecule has 6 heteroatoms. The number of hydrogen-bond acceptors (Lipinski definition) is 2. The SMILES string of the molecule is O=C(CCC(F)(F)F)Nc1ccc2c(c1)CCCN2. The van der Waals surface area contributed by atoms with Crippen LogP contribution in [0.3, 0.4) is 0 Å². The lowest BCUT2D eigenvalue weighted by molar-refractivity contribution is -0.142. The normalized spacial score (nSPS) is 14.5. The summed E-state index contributed by atoms with van der Waals surface area (Å²) >= 11 is 0. The summed E-state index contributed by atoms with van der Waals surface area (Å²) in [5.41, 5.74) is 2.66. The maximum atomic E-state index is 12.0. The van der Waals surface area contributed by atoms with Crippen LogP contribution in [0.5, 0.6) is 0 Å². The van der Waals surface area contributed by atoms with E-state index in [4.69, 9.17) is 0 Å². The number of amides is 1. The van der Waals surface area contributed by atoms with Gasteiger partial charge in [-0.2, -0.15) is 13.2 Å². The van der Waals surface area contributed by atoms with E-state index >= 15 is 0 Å². The molecule has 1 heterocycles. The predicted molar refractivity (Wildman–Crippen MR) is 67.2 cm³/mol. The molecule has 0 saturated carbocycles. The van der Waals surface area contributed by atoms with Crippen LogP contribution in [-0.2, 0) is 11.2 Å². The van der Waals surface area contributed by atoms with Gasteiger partial charge in [0.25, 0.3) is 0 Å². The Morgan fingerprint density at radius 2 is 2.16 bits per heavy atom. The lowest BCUT2D eigenvalue weighted by Gasteiger charge is -2.18. The number of hydrogen-bond donors (Lipinski definition) is 2. The number of carbonyl (C=O) groups excluding carboxylic acids is 1. The van der Waals surface area contributed by atoms with E-state index in [-0.39, 0.29) is 0 Å². The van der Waals surface area contributed by atoms with Crippen LogP contribution < -0.4 is 10.6 Å². The number of anilines is 2. The fraction of sp³-hybridized carbons (Fsp3) is 0.462. The molecular formula is C13H15F3N2O. The molecule has 0 saturated heterocycles. The first-order valence-corrected chi connectivity index (χ1v) is 6.17. The van der Waals surface area contributed by atoms with Crippen molar-refractivity contribution in [1.82, 2.24) is 0 Å². The molecule has 1 aliphatic heterocycles. The first kappa shape index (κ1) is 13.7. The Morgan fingerprint density at radius 1 is 1.37 bits per heavy atom. The van der Waals surface area contributed by atoms with E-state index in [1.54, 1.807) is 6.07 Å². The second-order valence-corrected chi connectivity index (χ2v) is 4.57. The highest BCUT2D eigenvalue weighted by atomic mass is 19.4. The van der Waals surface area contributed by atoms with Gasteiger partial charge in [-0.1, -0.05) is 0 Å². The lowest BCUT2D eigenvalue weighted by Crippen LogP contribution is -2.17. The van der Waals surface area contributed by atoms with Crippen molar-refractivity contribution < 1.29 is 18.0 Å². The molecule has 0 radical (unpaired) electrons. The van der Waals surface area contributed by atoms with Gasteiger partial charge in [-0.15, -0.1) is 0 Å². The molecule has 0 spiro atoms. The lowest BCUT2D eigenvalue weighted by atomic mass is 10.0. The van der Waals surface area contributed by atoms with Gasteiger partial charge in [0, 0.05) is 24.3 Å². The highest BCUT2D eigenvalue weighted by Crippen LogP contribution is 2.26. The minimum Gasteiger partial charge on any atom is -0.385 e. The van der Waals surface area contributed by atoms with Gasteiger partial charge in [-0.05, 0) is 36.6 Å². The Hall–Kier alpha value is -1.72. The number of carbonyl (C=O) groups is 1. The summed E-state index contributed by atoms with van der Waals surface area (Å²) in [7, 11) is 0. The standard InChI is InChI=1S/C13H15F3N2O/c14-13(15,16)6-5-12(19)18-10-3-4-11-9(8-10)2-1-7-17-11/h3-4,8,17H,1-2,5-7H2,(H,18,19). The first-order chi connectivity index (χ1) is 8.94. The summed E-state index contributed by atoms with van der Waals surface area (Å²) in [4.78, 5) is 11.4. The molecule has 1 aliphatic rings. The summed E-state index contributed by atoms with van der Waals surface area (Å²) < 4.78 is 36.0. The smallest absolute Gasteiger partial charge is 0.385 e. The van der Waals surface area contributed by atoms with Gasteiger partial charge in [0.05, 0.1) is 6.42 Å². The summed E-state index contributed by atoms with van der Waals surface area (Å²) in [5.74, 6) is -0.610. The van der Waals surface area contributed by atoms with Crippen LogP contribution in [-0.4, -0.2) is 18.6 Å². The monoisotopic (exact) mass is 272 g/mol. The highest BCUT2D eigenvalue weighted by Gasteiger charge is 2.27. The summed E-state index contributed by atoms with van der Waals surface area (Å²) in [6.45, 7) is 0.921. The molecule has 2 rings (SSSR count). The van der Waals surface area contributed by atoms with Crippen molar-refractivity contribution in [2.75, 3.05) is 17.2 Å². The summed E-state index contributed by atoms with van der Waals surface area (Å²) in [6.07, 6.45) is -4.01. The third-order valence-corrected chi connectivity index (χ3v) is 2.96. The van der Waals surface area contributed by atoms with Crippen molar-refractivity contribution in [3.8, 4) is 0 Å². The van der Waals surface area contributed by atoms with Gasteiger partial charge < -0.3 is 10.6 Å². The number of nitrogens with one attached hydrogen (secondary N) is 2. The van der Waals surface area contributed by atoms with Gasteiger partial charge in [0.15, 0.2) is 0 Å². The van der Waals surface area contributed by atoms with Gasteiger partial charge in [-0.3, -0.25) is 4.79 Å². The van der Waals surface area contributed by atoms with Gasteiger partial charge in [0.2, 0.25) is 5.91 Å². The first-order valence-electron chi connectivity index (χ1n) is 6.17. The van der Waals surface area contributed by atoms with Crippen molar-refractivity contribution in [2.45, 2.75) is 31.9 Å². The largest absolute Gasteiger partial charge is 0.389 e. The summed E-state index contributed by atoms with van der Waals surface area (Å²) in [5, 5.41) is 5.72. The Kier molecular flexibility index (Phi) is 3.97. The van der Waals surface area contributed by atoms with Crippen LogP contribution in [0.2, 0.25) is 0 Å². The Morgan fingerprint density at radius 3 is 2.89 bits per heavy atom.